The second-order valence-electron chi connectivity index (χ2n) is 2.56. The highest BCUT2D eigenvalue weighted by Gasteiger charge is 2.13. The smallest absolute Gasteiger partial charge is 0.355 e. The van der Waals surface area contributed by atoms with E-state index in [1.54, 1.807) is 14.0 Å². The van der Waals surface area contributed by atoms with Crippen LogP contribution in [0, 0.1) is 6.92 Å². The molecule has 0 bridgehead atoms. The van der Waals surface area contributed by atoms with Crippen molar-refractivity contribution in [3.8, 4) is 0 Å². The predicted octanol–water partition coefficient (Wildman–Crippen LogP) is 1.34. The van der Waals surface area contributed by atoms with E-state index in [0.29, 0.717) is 13.0 Å². The molecule has 1 rings (SSSR count). The highest BCUT2D eigenvalue weighted by molar-refractivity contribution is 7.11. The van der Waals surface area contributed by atoms with E-state index in [9.17, 15) is 4.79 Å². The lowest BCUT2D eigenvalue weighted by atomic mass is 10.4. The van der Waals surface area contributed by atoms with E-state index in [0.717, 1.165) is 9.88 Å². The van der Waals surface area contributed by atoms with Gasteiger partial charge in [0.1, 0.15) is 0 Å². The maximum Gasteiger partial charge on any atom is 0.355 e. The van der Waals surface area contributed by atoms with Crippen LogP contribution in [0.5, 0.6) is 0 Å². The normalized spacial score (nSPS) is 10.3. The van der Waals surface area contributed by atoms with Crippen LogP contribution < -0.4 is 0 Å². The molecule has 0 saturated carbocycles. The number of aryl methyl sites for hydroxylation is 1. The molecule has 5 heteroatoms. The van der Waals surface area contributed by atoms with Gasteiger partial charge in [-0.15, -0.1) is 11.3 Å². The van der Waals surface area contributed by atoms with Crippen molar-refractivity contribution in [1.29, 1.82) is 0 Å². The molecule has 0 radical (unpaired) electrons. The average Bonchev–Trinajstić information content (AvgIpc) is 2.43. The zero-order valence-corrected chi connectivity index (χ0v) is 8.35. The topological polar surface area (TPSA) is 59.4 Å². The van der Waals surface area contributed by atoms with Gasteiger partial charge in [0, 0.05) is 18.4 Å². The van der Waals surface area contributed by atoms with Crippen LogP contribution in [-0.2, 0) is 11.2 Å². The third-order valence-electron chi connectivity index (χ3n) is 1.56. The van der Waals surface area contributed by atoms with Gasteiger partial charge in [0.15, 0.2) is 5.69 Å². The maximum absolute atomic E-state index is 10.6. The maximum atomic E-state index is 10.6. The van der Waals surface area contributed by atoms with Gasteiger partial charge in [0.2, 0.25) is 0 Å². The van der Waals surface area contributed by atoms with Crippen molar-refractivity contribution >= 4 is 17.3 Å². The van der Waals surface area contributed by atoms with Crippen LogP contribution in [0.4, 0.5) is 0 Å². The molecule has 4 nitrogen and oxygen atoms in total. The Kier molecular flexibility index (Phi) is 3.39. The highest BCUT2D eigenvalue weighted by atomic mass is 32.1. The summed E-state index contributed by atoms with van der Waals surface area (Å²) >= 11 is 1.41. The van der Waals surface area contributed by atoms with Crippen molar-refractivity contribution in [2.24, 2.45) is 0 Å². The molecule has 0 aromatic carbocycles. The van der Waals surface area contributed by atoms with Crippen molar-refractivity contribution < 1.29 is 14.6 Å². The molecular formula is C8H11NO3S. The van der Waals surface area contributed by atoms with Gasteiger partial charge >= 0.3 is 5.97 Å². The Morgan fingerprint density at radius 3 is 2.85 bits per heavy atom. The lowest BCUT2D eigenvalue weighted by Crippen LogP contribution is -2.00. The molecule has 1 aromatic rings. The number of aromatic carboxylic acids is 1. The Bertz CT molecular complexity index is 308. The lowest BCUT2D eigenvalue weighted by molar-refractivity contribution is 0.0690. The summed E-state index contributed by atoms with van der Waals surface area (Å²) < 4.78 is 4.87. The minimum Gasteiger partial charge on any atom is -0.476 e. The number of carbonyl (C=O) groups is 1. The van der Waals surface area contributed by atoms with Gasteiger partial charge in [-0.1, -0.05) is 0 Å². The zero-order chi connectivity index (χ0) is 9.84. The molecule has 1 heterocycles. The van der Waals surface area contributed by atoms with Crippen LogP contribution in [0.15, 0.2) is 0 Å². The van der Waals surface area contributed by atoms with Gasteiger partial charge in [-0.3, -0.25) is 0 Å². The fourth-order valence-corrected chi connectivity index (χ4v) is 1.85. The predicted molar refractivity (Wildman–Crippen MR) is 49.4 cm³/mol. The van der Waals surface area contributed by atoms with E-state index in [1.165, 1.54) is 11.3 Å². The van der Waals surface area contributed by atoms with Gasteiger partial charge < -0.3 is 9.84 Å². The van der Waals surface area contributed by atoms with E-state index >= 15 is 0 Å². The van der Waals surface area contributed by atoms with Crippen LogP contribution in [0.3, 0.4) is 0 Å². The Balaban J connectivity index is 2.76. The van der Waals surface area contributed by atoms with Crippen molar-refractivity contribution in [3.05, 3.63) is 15.6 Å². The lowest BCUT2D eigenvalue weighted by Gasteiger charge is -1.92. The Morgan fingerprint density at radius 1 is 1.69 bits per heavy atom. The van der Waals surface area contributed by atoms with Crippen LogP contribution in [0.1, 0.15) is 20.4 Å². The summed E-state index contributed by atoms with van der Waals surface area (Å²) in [7, 11) is 1.61. The number of aromatic nitrogens is 1. The number of hydrogen-bond donors (Lipinski definition) is 1. The third kappa shape index (κ3) is 2.50. The van der Waals surface area contributed by atoms with Crippen molar-refractivity contribution in [2.75, 3.05) is 13.7 Å². The van der Waals surface area contributed by atoms with Crippen LogP contribution in [0.25, 0.3) is 0 Å². The number of carboxylic acids is 1. The average molecular weight is 201 g/mol. The largest absolute Gasteiger partial charge is 0.476 e. The first kappa shape index (κ1) is 10.1. The number of methoxy groups -OCH3 is 1. The minimum atomic E-state index is -0.961. The van der Waals surface area contributed by atoms with Crippen molar-refractivity contribution in [1.82, 2.24) is 4.98 Å². The molecule has 0 aliphatic heterocycles. The van der Waals surface area contributed by atoms with E-state index in [-0.39, 0.29) is 5.69 Å². The number of carboxylic acid groups (broad SMARTS) is 1. The molecule has 72 valence electrons. The summed E-state index contributed by atoms with van der Waals surface area (Å²) in [6, 6.07) is 0. The van der Waals surface area contributed by atoms with E-state index in [1.807, 2.05) is 0 Å². The van der Waals surface area contributed by atoms with Crippen molar-refractivity contribution in [3.63, 3.8) is 0 Å². The highest BCUT2D eigenvalue weighted by Crippen LogP contribution is 2.17. The van der Waals surface area contributed by atoms with Gasteiger partial charge in [-0.05, 0) is 6.92 Å². The van der Waals surface area contributed by atoms with Crippen LogP contribution in [-0.4, -0.2) is 29.8 Å². The fraction of sp³-hybridized carbons (Fsp3) is 0.500. The Morgan fingerprint density at radius 2 is 2.38 bits per heavy atom. The molecule has 0 atom stereocenters. The first-order valence-corrected chi connectivity index (χ1v) is 4.65. The molecule has 0 unspecified atom stereocenters. The standard InChI is InChI=1S/C8H11NO3S/c1-5-7(8(10)11)9-6(13-5)3-4-12-2/h3-4H2,1-2H3,(H,10,11). The molecule has 0 aliphatic rings. The summed E-state index contributed by atoms with van der Waals surface area (Å²) in [6.07, 6.45) is 0.676. The molecule has 13 heavy (non-hydrogen) atoms. The number of nitrogens with zero attached hydrogens (tertiary/aromatic N) is 1. The summed E-state index contributed by atoms with van der Waals surface area (Å²) in [4.78, 5) is 15.4. The first-order chi connectivity index (χ1) is 6.15. The summed E-state index contributed by atoms with van der Waals surface area (Å²) in [5.74, 6) is -0.961. The minimum absolute atomic E-state index is 0.163. The quantitative estimate of drug-likeness (QED) is 0.798. The SMILES string of the molecule is COCCc1nc(C(=O)O)c(C)s1. The first-order valence-electron chi connectivity index (χ1n) is 3.83. The number of ether oxygens (including phenoxy) is 1. The van der Waals surface area contributed by atoms with Gasteiger partial charge in [0.25, 0.3) is 0 Å². The monoisotopic (exact) mass is 201 g/mol. The number of rotatable bonds is 4. The molecule has 0 saturated heterocycles. The van der Waals surface area contributed by atoms with Gasteiger partial charge in [-0.2, -0.15) is 0 Å². The number of hydrogen-bond acceptors (Lipinski definition) is 4. The van der Waals surface area contributed by atoms with Crippen LogP contribution in [0.2, 0.25) is 0 Å². The molecule has 0 aliphatic carbocycles. The molecule has 0 amide bonds. The number of thiazole rings is 1. The second-order valence-corrected chi connectivity index (χ2v) is 3.85. The third-order valence-corrected chi connectivity index (χ3v) is 2.59. The summed E-state index contributed by atoms with van der Waals surface area (Å²) in [6.45, 7) is 2.34. The van der Waals surface area contributed by atoms with Crippen molar-refractivity contribution in [2.45, 2.75) is 13.3 Å². The molecule has 0 fully saturated rings. The van der Waals surface area contributed by atoms with E-state index in [4.69, 9.17) is 9.84 Å². The van der Waals surface area contributed by atoms with Crippen LogP contribution >= 0.6 is 11.3 Å². The van der Waals surface area contributed by atoms with Gasteiger partial charge in [-0.25, -0.2) is 9.78 Å². The van der Waals surface area contributed by atoms with E-state index < -0.39 is 5.97 Å². The summed E-state index contributed by atoms with van der Waals surface area (Å²) in [5, 5.41) is 9.53. The molecular weight excluding hydrogens is 190 g/mol. The Labute approximate surface area is 80.2 Å². The Hall–Kier alpha value is -0.940. The van der Waals surface area contributed by atoms with E-state index in [2.05, 4.69) is 4.98 Å². The molecule has 1 N–H and O–H groups in total. The summed E-state index contributed by atoms with van der Waals surface area (Å²) in [5.41, 5.74) is 0.163. The van der Waals surface area contributed by atoms with Gasteiger partial charge in [0.05, 0.1) is 11.6 Å². The second kappa shape index (κ2) is 4.34. The zero-order valence-electron chi connectivity index (χ0n) is 7.53. The fourth-order valence-electron chi connectivity index (χ4n) is 0.946. The molecule has 1 aromatic heterocycles. The molecule has 0 spiro atoms.